The van der Waals surface area contributed by atoms with Crippen LogP contribution in [-0.2, 0) is 17.6 Å². The van der Waals surface area contributed by atoms with E-state index in [1.165, 1.54) is 17.5 Å². The molecule has 1 aliphatic rings. The van der Waals surface area contributed by atoms with Crippen LogP contribution in [0.2, 0.25) is 0 Å². The highest BCUT2D eigenvalue weighted by Crippen LogP contribution is 2.27. The highest BCUT2D eigenvalue weighted by atomic mass is 16.6. The van der Waals surface area contributed by atoms with Crippen LogP contribution >= 0.6 is 0 Å². The van der Waals surface area contributed by atoms with Crippen LogP contribution in [0.15, 0.2) is 18.2 Å². The lowest BCUT2D eigenvalue weighted by Gasteiger charge is -2.28. The highest BCUT2D eigenvalue weighted by molar-refractivity contribution is 5.87. The first-order valence-corrected chi connectivity index (χ1v) is 8.24. The number of hydrogen-bond donors (Lipinski definition) is 1. The molecule has 116 valence electrons. The van der Waals surface area contributed by atoms with Crippen molar-refractivity contribution in [3.63, 3.8) is 0 Å². The Kier molecular flexibility index (Phi) is 5.66. The van der Waals surface area contributed by atoms with Crippen molar-refractivity contribution in [3.05, 3.63) is 29.3 Å². The molecule has 0 bridgehead atoms. The predicted molar refractivity (Wildman–Crippen MR) is 86.7 cm³/mol. The fourth-order valence-corrected chi connectivity index (χ4v) is 3.13. The van der Waals surface area contributed by atoms with Crippen LogP contribution in [0.25, 0.3) is 0 Å². The average Bonchev–Trinajstić information content (AvgIpc) is 2.49. The van der Waals surface area contributed by atoms with Crippen LogP contribution < -0.4 is 5.32 Å². The SMILES string of the molecule is CCc1cccc(CC)c1NC(=O)O[C@@H]1CCCC[C@@H]1C. The highest BCUT2D eigenvalue weighted by Gasteiger charge is 2.25. The van der Waals surface area contributed by atoms with Gasteiger partial charge in [-0.05, 0) is 49.1 Å². The molecule has 2 rings (SSSR count). The zero-order valence-corrected chi connectivity index (χ0v) is 13.4. The molecule has 1 aromatic carbocycles. The summed E-state index contributed by atoms with van der Waals surface area (Å²) in [5, 5.41) is 2.99. The molecule has 0 radical (unpaired) electrons. The molecule has 0 unspecified atom stereocenters. The van der Waals surface area contributed by atoms with E-state index in [0.29, 0.717) is 5.92 Å². The number of para-hydroxylation sites is 1. The van der Waals surface area contributed by atoms with E-state index in [9.17, 15) is 4.79 Å². The summed E-state index contributed by atoms with van der Waals surface area (Å²) in [5.41, 5.74) is 3.28. The molecule has 1 aliphatic carbocycles. The van der Waals surface area contributed by atoms with E-state index in [4.69, 9.17) is 4.74 Å². The largest absolute Gasteiger partial charge is 0.446 e. The van der Waals surface area contributed by atoms with Gasteiger partial charge in [0.25, 0.3) is 0 Å². The zero-order chi connectivity index (χ0) is 15.2. The topological polar surface area (TPSA) is 38.3 Å². The predicted octanol–water partition coefficient (Wildman–Crippen LogP) is 4.94. The van der Waals surface area contributed by atoms with E-state index in [1.54, 1.807) is 0 Å². The lowest BCUT2D eigenvalue weighted by molar-refractivity contribution is 0.0524. The fourth-order valence-electron chi connectivity index (χ4n) is 3.13. The van der Waals surface area contributed by atoms with E-state index >= 15 is 0 Å². The van der Waals surface area contributed by atoms with Gasteiger partial charge in [0.05, 0.1) is 5.69 Å². The Hall–Kier alpha value is -1.51. The summed E-state index contributed by atoms with van der Waals surface area (Å²) in [6, 6.07) is 6.19. The van der Waals surface area contributed by atoms with Crippen molar-refractivity contribution in [2.75, 3.05) is 5.32 Å². The van der Waals surface area contributed by atoms with Crippen LogP contribution in [0.3, 0.4) is 0 Å². The van der Waals surface area contributed by atoms with Gasteiger partial charge in [0.15, 0.2) is 0 Å². The van der Waals surface area contributed by atoms with E-state index < -0.39 is 0 Å². The molecule has 1 saturated carbocycles. The number of amides is 1. The van der Waals surface area contributed by atoms with Gasteiger partial charge in [-0.2, -0.15) is 0 Å². The van der Waals surface area contributed by atoms with E-state index in [0.717, 1.165) is 37.8 Å². The molecule has 1 aromatic rings. The van der Waals surface area contributed by atoms with Gasteiger partial charge < -0.3 is 4.74 Å². The van der Waals surface area contributed by atoms with Crippen molar-refractivity contribution < 1.29 is 9.53 Å². The Morgan fingerprint density at radius 1 is 1.19 bits per heavy atom. The molecule has 0 aliphatic heterocycles. The number of carbonyl (C=O) groups is 1. The number of anilines is 1. The number of rotatable bonds is 4. The van der Waals surface area contributed by atoms with Gasteiger partial charge >= 0.3 is 6.09 Å². The van der Waals surface area contributed by atoms with Crippen LogP contribution in [-0.4, -0.2) is 12.2 Å². The van der Waals surface area contributed by atoms with Gasteiger partial charge in [0.2, 0.25) is 0 Å². The second kappa shape index (κ2) is 7.48. The monoisotopic (exact) mass is 289 g/mol. The Labute approximate surface area is 128 Å². The number of benzene rings is 1. The number of carbonyl (C=O) groups excluding carboxylic acids is 1. The normalized spacial score (nSPS) is 21.9. The lowest BCUT2D eigenvalue weighted by atomic mass is 9.88. The van der Waals surface area contributed by atoms with Crippen LogP contribution in [0, 0.1) is 5.92 Å². The zero-order valence-electron chi connectivity index (χ0n) is 13.4. The fraction of sp³-hybridized carbons (Fsp3) is 0.611. The number of ether oxygens (including phenoxy) is 1. The second-order valence-electron chi connectivity index (χ2n) is 5.99. The molecule has 0 spiro atoms. The molecular weight excluding hydrogens is 262 g/mol. The molecule has 3 heteroatoms. The number of hydrogen-bond acceptors (Lipinski definition) is 2. The number of nitrogens with one attached hydrogen (secondary N) is 1. The molecule has 1 fully saturated rings. The maximum atomic E-state index is 12.2. The first-order valence-electron chi connectivity index (χ1n) is 8.24. The first kappa shape index (κ1) is 15.9. The van der Waals surface area contributed by atoms with E-state index in [2.05, 4.69) is 44.3 Å². The number of aryl methyl sites for hydroxylation is 2. The minimum Gasteiger partial charge on any atom is -0.446 e. The quantitative estimate of drug-likeness (QED) is 0.852. The Morgan fingerprint density at radius 2 is 1.81 bits per heavy atom. The minimum atomic E-state index is -0.302. The second-order valence-corrected chi connectivity index (χ2v) is 5.99. The summed E-state index contributed by atoms with van der Waals surface area (Å²) in [6.07, 6.45) is 6.14. The van der Waals surface area contributed by atoms with E-state index in [1.807, 2.05) is 0 Å². The minimum absolute atomic E-state index is 0.0672. The van der Waals surface area contributed by atoms with Crippen LogP contribution in [0.4, 0.5) is 10.5 Å². The molecule has 1 N–H and O–H groups in total. The van der Waals surface area contributed by atoms with Crippen molar-refractivity contribution in [1.82, 2.24) is 0 Å². The summed E-state index contributed by atoms with van der Waals surface area (Å²) in [4.78, 5) is 12.2. The smallest absolute Gasteiger partial charge is 0.411 e. The summed E-state index contributed by atoms with van der Waals surface area (Å²) in [5.74, 6) is 0.469. The molecule has 2 atom stereocenters. The van der Waals surface area contributed by atoms with Gasteiger partial charge in [-0.15, -0.1) is 0 Å². The lowest BCUT2D eigenvalue weighted by Crippen LogP contribution is -2.30. The van der Waals surface area contributed by atoms with Gasteiger partial charge in [-0.1, -0.05) is 45.4 Å². The van der Waals surface area contributed by atoms with Crippen molar-refractivity contribution in [1.29, 1.82) is 0 Å². The van der Waals surface area contributed by atoms with Crippen molar-refractivity contribution in [2.24, 2.45) is 5.92 Å². The summed E-state index contributed by atoms with van der Waals surface area (Å²) in [7, 11) is 0. The summed E-state index contributed by atoms with van der Waals surface area (Å²) < 4.78 is 5.66. The van der Waals surface area contributed by atoms with Crippen LogP contribution in [0.1, 0.15) is 57.6 Å². The molecule has 1 amide bonds. The van der Waals surface area contributed by atoms with Crippen molar-refractivity contribution in [3.8, 4) is 0 Å². The molecule has 21 heavy (non-hydrogen) atoms. The van der Waals surface area contributed by atoms with Gasteiger partial charge in [-0.3, -0.25) is 5.32 Å². The van der Waals surface area contributed by atoms with Gasteiger partial charge in [0, 0.05) is 0 Å². The van der Waals surface area contributed by atoms with Crippen LogP contribution in [0.5, 0.6) is 0 Å². The average molecular weight is 289 g/mol. The molecule has 0 heterocycles. The third-order valence-corrected chi connectivity index (χ3v) is 4.52. The first-order chi connectivity index (χ1) is 10.2. The molecular formula is C18H27NO2. The third kappa shape index (κ3) is 3.99. The summed E-state index contributed by atoms with van der Waals surface area (Å²) in [6.45, 7) is 6.39. The molecule has 3 nitrogen and oxygen atoms in total. The third-order valence-electron chi connectivity index (χ3n) is 4.52. The summed E-state index contributed by atoms with van der Waals surface area (Å²) >= 11 is 0. The van der Waals surface area contributed by atoms with Gasteiger partial charge in [-0.25, -0.2) is 4.79 Å². The van der Waals surface area contributed by atoms with Crippen molar-refractivity contribution in [2.45, 2.75) is 65.4 Å². The standard InChI is InChI=1S/C18H27NO2/c1-4-14-10-8-11-15(5-2)17(14)19-18(20)21-16-12-7-6-9-13(16)3/h8,10-11,13,16H,4-7,9,12H2,1-3H3,(H,19,20)/t13-,16+/m0/s1. The maximum absolute atomic E-state index is 12.2. The maximum Gasteiger partial charge on any atom is 0.411 e. The van der Waals surface area contributed by atoms with Crippen molar-refractivity contribution >= 4 is 11.8 Å². The van der Waals surface area contributed by atoms with E-state index in [-0.39, 0.29) is 12.2 Å². The Bertz CT molecular complexity index is 462. The van der Waals surface area contributed by atoms with Gasteiger partial charge in [0.1, 0.15) is 6.10 Å². The molecule has 0 saturated heterocycles. The Morgan fingerprint density at radius 3 is 2.38 bits per heavy atom. The molecule has 0 aromatic heterocycles. The Balaban J connectivity index is 2.05.